The summed E-state index contributed by atoms with van der Waals surface area (Å²) in [6.45, 7) is 0.120. The highest BCUT2D eigenvalue weighted by molar-refractivity contribution is 6.32. The van der Waals surface area contributed by atoms with E-state index in [0.717, 1.165) is 17.7 Å². The second kappa shape index (κ2) is 9.67. The van der Waals surface area contributed by atoms with E-state index in [1.807, 2.05) is 6.07 Å². The van der Waals surface area contributed by atoms with Crippen molar-refractivity contribution in [3.05, 3.63) is 94.5 Å². The van der Waals surface area contributed by atoms with Crippen LogP contribution in [0.1, 0.15) is 35.1 Å². The predicted octanol–water partition coefficient (Wildman–Crippen LogP) is 6.94. The van der Waals surface area contributed by atoms with Crippen LogP contribution < -0.4 is 14.8 Å². The maximum absolute atomic E-state index is 6.37. The third kappa shape index (κ3) is 4.27. The van der Waals surface area contributed by atoms with Gasteiger partial charge in [-0.1, -0.05) is 60.0 Å². The molecule has 0 saturated carbocycles. The summed E-state index contributed by atoms with van der Waals surface area (Å²) in [5, 5.41) is 4.20. The molecular formula is C29H25ClN2O2. The van der Waals surface area contributed by atoms with Crippen LogP contribution in [-0.4, -0.2) is 19.9 Å². The Labute approximate surface area is 205 Å². The molecule has 0 radical (unpaired) electrons. The molecule has 0 unspecified atom stereocenters. The smallest absolute Gasteiger partial charge is 0.181 e. The highest BCUT2D eigenvalue weighted by Gasteiger charge is 2.37. The molecule has 1 aliphatic carbocycles. The van der Waals surface area contributed by atoms with Gasteiger partial charge in [-0.3, -0.25) is 4.99 Å². The average Bonchev–Trinajstić information content (AvgIpc) is 3.37. The first kappa shape index (κ1) is 22.1. The van der Waals surface area contributed by atoms with Crippen LogP contribution in [0.3, 0.4) is 0 Å². The molecule has 1 aliphatic heterocycles. The zero-order valence-electron chi connectivity index (χ0n) is 18.9. The van der Waals surface area contributed by atoms with Crippen LogP contribution in [0.4, 0.5) is 11.4 Å². The third-order valence-electron chi connectivity index (χ3n) is 6.44. The lowest BCUT2D eigenvalue weighted by Crippen LogP contribution is -2.28. The number of aliphatic imine (C=N–C) groups is 1. The van der Waals surface area contributed by atoms with E-state index in [4.69, 9.17) is 27.5 Å². The minimum absolute atomic E-state index is 0.120. The van der Waals surface area contributed by atoms with Crippen molar-refractivity contribution < 1.29 is 9.47 Å². The van der Waals surface area contributed by atoms with Gasteiger partial charge in [0.1, 0.15) is 6.61 Å². The lowest BCUT2D eigenvalue weighted by Gasteiger charge is -2.37. The van der Waals surface area contributed by atoms with Gasteiger partial charge in [0.25, 0.3) is 0 Å². The number of hydrogen-bond donors (Lipinski definition) is 1. The number of para-hydroxylation sites is 1. The minimum atomic E-state index is 0.120. The van der Waals surface area contributed by atoms with E-state index in [2.05, 4.69) is 76.9 Å². The number of rotatable bonds is 6. The summed E-state index contributed by atoms with van der Waals surface area (Å²) in [6.07, 6.45) is 12.8. The second-order valence-electron chi connectivity index (χ2n) is 8.44. The molecule has 0 bridgehead atoms. The first-order valence-electron chi connectivity index (χ1n) is 11.3. The minimum Gasteiger partial charge on any atom is -0.493 e. The van der Waals surface area contributed by atoms with Gasteiger partial charge in [-0.25, -0.2) is 0 Å². The van der Waals surface area contributed by atoms with Crippen molar-refractivity contribution in [2.45, 2.75) is 18.4 Å². The highest BCUT2D eigenvalue weighted by Crippen LogP contribution is 2.49. The average molecular weight is 469 g/mol. The Morgan fingerprint density at radius 1 is 1.18 bits per heavy atom. The number of nitrogens with one attached hydrogen (secondary N) is 1. The molecule has 3 aromatic rings. The van der Waals surface area contributed by atoms with Crippen LogP contribution in [0.5, 0.6) is 11.5 Å². The van der Waals surface area contributed by atoms with Crippen LogP contribution in [0.25, 0.3) is 0 Å². The van der Waals surface area contributed by atoms with E-state index in [0.29, 0.717) is 28.4 Å². The van der Waals surface area contributed by atoms with Crippen molar-refractivity contribution in [3.63, 3.8) is 0 Å². The molecule has 3 aromatic carbocycles. The normalized spacial score (nSPS) is 20.3. The van der Waals surface area contributed by atoms with Gasteiger partial charge in [0.05, 0.1) is 23.9 Å². The highest BCUT2D eigenvalue weighted by atomic mass is 35.5. The number of nitrogens with zero attached hydrogens (tertiary/aromatic N) is 1. The van der Waals surface area contributed by atoms with Gasteiger partial charge in [0.15, 0.2) is 11.5 Å². The van der Waals surface area contributed by atoms with Crippen LogP contribution in [0.15, 0.2) is 77.8 Å². The molecule has 34 heavy (non-hydrogen) atoms. The Hall–Kier alpha value is -3.68. The molecule has 3 atom stereocenters. The van der Waals surface area contributed by atoms with Crippen molar-refractivity contribution in [3.8, 4) is 23.8 Å². The van der Waals surface area contributed by atoms with Gasteiger partial charge in [0.2, 0.25) is 0 Å². The van der Waals surface area contributed by atoms with Crippen molar-refractivity contribution >= 4 is 29.2 Å². The van der Waals surface area contributed by atoms with Crippen LogP contribution in [-0.2, 0) is 0 Å². The van der Waals surface area contributed by atoms with Crippen molar-refractivity contribution in [1.29, 1.82) is 0 Å². The molecule has 1 N–H and O–H groups in total. The number of benzene rings is 3. The van der Waals surface area contributed by atoms with Gasteiger partial charge < -0.3 is 14.8 Å². The molecule has 0 aromatic heterocycles. The summed E-state index contributed by atoms with van der Waals surface area (Å²) in [4.78, 5) is 4.63. The number of anilines is 1. The fourth-order valence-corrected chi connectivity index (χ4v) is 5.13. The van der Waals surface area contributed by atoms with Gasteiger partial charge in [-0.05, 0) is 59.4 Å². The van der Waals surface area contributed by atoms with E-state index in [-0.39, 0.29) is 12.6 Å². The quantitative estimate of drug-likeness (QED) is 0.242. The maximum atomic E-state index is 6.37. The van der Waals surface area contributed by atoms with Gasteiger partial charge in [0, 0.05) is 17.8 Å². The molecule has 5 rings (SSSR count). The summed E-state index contributed by atoms with van der Waals surface area (Å²) in [5.41, 5.74) is 5.56. The Bertz CT molecular complexity index is 1290. The summed E-state index contributed by atoms with van der Waals surface area (Å²) in [6, 6.07) is 20.9. The largest absolute Gasteiger partial charge is 0.493 e. The summed E-state index contributed by atoms with van der Waals surface area (Å²) in [5.74, 6) is 4.37. The van der Waals surface area contributed by atoms with Crippen LogP contribution in [0.2, 0.25) is 5.02 Å². The number of allylic oxidation sites excluding steroid dienone is 2. The van der Waals surface area contributed by atoms with Crippen LogP contribution >= 0.6 is 11.6 Å². The van der Waals surface area contributed by atoms with Gasteiger partial charge in [-0.15, -0.1) is 6.42 Å². The molecule has 0 fully saturated rings. The lowest BCUT2D eigenvalue weighted by molar-refractivity contribution is 0.331. The molecule has 0 spiro atoms. The first-order chi connectivity index (χ1) is 16.7. The monoisotopic (exact) mass is 468 g/mol. The zero-order chi connectivity index (χ0) is 23.5. The molecular weight excluding hydrogens is 444 g/mol. The van der Waals surface area contributed by atoms with E-state index < -0.39 is 0 Å². The van der Waals surface area contributed by atoms with Crippen molar-refractivity contribution in [2.24, 2.45) is 10.9 Å². The van der Waals surface area contributed by atoms with E-state index in [1.165, 1.54) is 16.8 Å². The molecule has 0 amide bonds. The van der Waals surface area contributed by atoms with E-state index in [1.54, 1.807) is 19.4 Å². The zero-order valence-corrected chi connectivity index (χ0v) is 19.6. The number of ether oxygens (including phenoxy) is 2. The fourth-order valence-electron chi connectivity index (χ4n) is 4.86. The predicted molar refractivity (Wildman–Crippen MR) is 139 cm³/mol. The summed E-state index contributed by atoms with van der Waals surface area (Å²) in [7, 11) is 1.57. The standard InChI is InChI=1S/C29H25ClN2O2/c1-3-15-34-29-25(30)16-19(17-27(29)33-2)18-31-21-13-11-20(12-14-21)28-24-9-6-8-22(24)23-7-4-5-10-26(23)32-28/h1,4-8,10-14,16-18,22,24,28,32H,9,15H2,2H3/t22-,24-,28-/m0/s1. The molecule has 0 saturated heterocycles. The number of terminal acetylenes is 1. The Kier molecular flexibility index (Phi) is 6.29. The molecule has 170 valence electrons. The third-order valence-corrected chi connectivity index (χ3v) is 6.72. The van der Waals surface area contributed by atoms with Gasteiger partial charge >= 0.3 is 0 Å². The fraction of sp³-hybridized carbons (Fsp3) is 0.207. The number of hydrogen-bond acceptors (Lipinski definition) is 4. The summed E-state index contributed by atoms with van der Waals surface area (Å²) >= 11 is 6.37. The van der Waals surface area contributed by atoms with Gasteiger partial charge in [-0.2, -0.15) is 0 Å². The van der Waals surface area contributed by atoms with E-state index >= 15 is 0 Å². The van der Waals surface area contributed by atoms with Crippen LogP contribution in [0, 0.1) is 18.3 Å². The summed E-state index contributed by atoms with van der Waals surface area (Å²) < 4.78 is 10.9. The first-order valence-corrected chi connectivity index (χ1v) is 11.7. The Morgan fingerprint density at radius 2 is 2.00 bits per heavy atom. The molecule has 2 aliphatic rings. The topological polar surface area (TPSA) is 42.8 Å². The number of fused-ring (bicyclic) bond motifs is 3. The number of halogens is 1. The number of methoxy groups -OCH3 is 1. The molecule has 1 heterocycles. The maximum Gasteiger partial charge on any atom is 0.181 e. The molecule has 5 heteroatoms. The molecule has 4 nitrogen and oxygen atoms in total. The Morgan fingerprint density at radius 3 is 2.79 bits per heavy atom. The SMILES string of the molecule is C#CCOc1c(Cl)cc(C=Nc2ccc([C@@H]3Nc4ccccc4[C@@H]4C=CC[C@@H]43)cc2)cc1OC. The van der Waals surface area contributed by atoms with Crippen molar-refractivity contribution in [1.82, 2.24) is 0 Å². The Balaban J connectivity index is 1.34. The second-order valence-corrected chi connectivity index (χ2v) is 8.85. The lowest BCUT2D eigenvalue weighted by atomic mass is 9.77. The van der Waals surface area contributed by atoms with E-state index in [9.17, 15) is 0 Å². The van der Waals surface area contributed by atoms with Crippen molar-refractivity contribution in [2.75, 3.05) is 19.0 Å².